The van der Waals surface area contributed by atoms with E-state index in [1.807, 2.05) is 12.1 Å². The summed E-state index contributed by atoms with van der Waals surface area (Å²) in [4.78, 5) is 16.2. The predicted octanol–water partition coefficient (Wildman–Crippen LogP) is 4.71. The molecular weight excluding hydrogens is 334 g/mol. The number of nitrogens with zero attached hydrogens (tertiary/aromatic N) is 1. The van der Waals surface area contributed by atoms with Crippen molar-refractivity contribution >= 4 is 27.7 Å². The zero-order chi connectivity index (χ0) is 18.2. The predicted molar refractivity (Wildman–Crippen MR) is 109 cm³/mol. The fourth-order valence-electron chi connectivity index (χ4n) is 4.38. The first-order valence-corrected chi connectivity index (χ1v) is 9.72. The molecule has 4 aromatic rings. The normalized spacial score (nSPS) is 16.5. The van der Waals surface area contributed by atoms with Crippen LogP contribution in [-0.2, 0) is 17.8 Å². The zero-order valence-electron chi connectivity index (χ0n) is 15.2. The van der Waals surface area contributed by atoms with Crippen molar-refractivity contribution in [1.82, 2.24) is 14.9 Å². The fraction of sp³-hybridized carbons (Fsp3) is 0.261. The van der Waals surface area contributed by atoms with Gasteiger partial charge in [0.25, 0.3) is 0 Å². The van der Waals surface area contributed by atoms with Gasteiger partial charge in [0, 0.05) is 41.3 Å². The number of amides is 1. The number of carbonyl (C=O) groups is 1. The van der Waals surface area contributed by atoms with Crippen LogP contribution in [0, 0.1) is 0 Å². The molecule has 2 heterocycles. The van der Waals surface area contributed by atoms with E-state index in [4.69, 9.17) is 0 Å². The van der Waals surface area contributed by atoms with Gasteiger partial charge in [-0.1, -0.05) is 36.4 Å². The van der Waals surface area contributed by atoms with Gasteiger partial charge in [-0.05, 0) is 48.4 Å². The van der Waals surface area contributed by atoms with E-state index in [0.29, 0.717) is 13.0 Å². The van der Waals surface area contributed by atoms with Gasteiger partial charge in [0.05, 0.1) is 6.04 Å². The van der Waals surface area contributed by atoms with Gasteiger partial charge in [-0.2, -0.15) is 0 Å². The summed E-state index contributed by atoms with van der Waals surface area (Å²) in [5.74, 6) is 0.115. The van der Waals surface area contributed by atoms with E-state index in [1.165, 1.54) is 33.1 Å². The third kappa shape index (κ3) is 2.91. The van der Waals surface area contributed by atoms with Gasteiger partial charge in [0.2, 0.25) is 5.91 Å². The molecule has 0 bridgehead atoms. The lowest BCUT2D eigenvalue weighted by Gasteiger charge is -2.24. The highest BCUT2D eigenvalue weighted by molar-refractivity contribution is 5.85. The second-order valence-corrected chi connectivity index (χ2v) is 7.39. The average Bonchev–Trinajstić information content (AvgIpc) is 3.28. The third-order valence-electron chi connectivity index (χ3n) is 5.71. The molecule has 1 aliphatic rings. The molecule has 0 fully saturated rings. The van der Waals surface area contributed by atoms with Crippen LogP contribution in [0.5, 0.6) is 0 Å². The Balaban J connectivity index is 1.30. The van der Waals surface area contributed by atoms with Crippen LogP contribution >= 0.6 is 0 Å². The Morgan fingerprint density at radius 3 is 2.93 bits per heavy atom. The Kier molecular flexibility index (Phi) is 3.97. The average molecular weight is 357 g/mol. The molecule has 136 valence electrons. The smallest absolute Gasteiger partial charge is 0.222 e. The molecule has 1 aliphatic carbocycles. The van der Waals surface area contributed by atoms with Crippen LogP contribution in [0.15, 0.2) is 60.8 Å². The van der Waals surface area contributed by atoms with Gasteiger partial charge >= 0.3 is 0 Å². The lowest BCUT2D eigenvalue weighted by Crippen LogP contribution is -2.31. The van der Waals surface area contributed by atoms with Crippen LogP contribution < -0.4 is 5.32 Å². The number of para-hydroxylation sites is 2. The molecule has 2 N–H and O–H groups in total. The molecule has 0 aliphatic heterocycles. The highest BCUT2D eigenvalue weighted by Crippen LogP contribution is 2.34. The number of nitrogens with one attached hydrogen (secondary N) is 2. The number of H-pyrrole nitrogens is 1. The first kappa shape index (κ1) is 16.2. The van der Waals surface area contributed by atoms with Gasteiger partial charge in [-0.15, -0.1) is 0 Å². The number of fused-ring (bicyclic) bond motifs is 4. The highest BCUT2D eigenvalue weighted by atomic mass is 16.1. The van der Waals surface area contributed by atoms with E-state index < -0.39 is 0 Å². The Morgan fingerprint density at radius 1 is 1.11 bits per heavy atom. The molecule has 1 amide bonds. The fourth-order valence-corrected chi connectivity index (χ4v) is 4.38. The van der Waals surface area contributed by atoms with Crippen molar-refractivity contribution < 1.29 is 4.79 Å². The molecular formula is C23H23N3O. The summed E-state index contributed by atoms with van der Waals surface area (Å²) in [6.45, 7) is 0.700. The van der Waals surface area contributed by atoms with Crippen molar-refractivity contribution in [2.24, 2.45) is 0 Å². The minimum absolute atomic E-state index is 0.0926. The topological polar surface area (TPSA) is 49.8 Å². The number of rotatable bonds is 4. The van der Waals surface area contributed by atoms with Crippen LogP contribution in [0.2, 0.25) is 0 Å². The molecule has 2 aromatic heterocycles. The van der Waals surface area contributed by atoms with Crippen molar-refractivity contribution in [2.75, 3.05) is 0 Å². The van der Waals surface area contributed by atoms with Gasteiger partial charge in [0.1, 0.15) is 0 Å². The molecule has 0 radical (unpaired) electrons. The summed E-state index contributed by atoms with van der Waals surface area (Å²) in [5.41, 5.74) is 4.92. The lowest BCUT2D eigenvalue weighted by atomic mass is 9.91. The number of carbonyl (C=O) groups excluding carboxylic acids is 1. The van der Waals surface area contributed by atoms with Crippen molar-refractivity contribution in [1.29, 1.82) is 0 Å². The van der Waals surface area contributed by atoms with Crippen LogP contribution in [0.3, 0.4) is 0 Å². The van der Waals surface area contributed by atoms with Crippen molar-refractivity contribution in [2.45, 2.75) is 38.3 Å². The summed E-state index contributed by atoms with van der Waals surface area (Å²) in [6.07, 6.45) is 5.75. The Labute approximate surface area is 158 Å². The van der Waals surface area contributed by atoms with Gasteiger partial charge in [-0.3, -0.25) is 4.79 Å². The second-order valence-electron chi connectivity index (χ2n) is 7.39. The van der Waals surface area contributed by atoms with Crippen LogP contribution in [0.25, 0.3) is 21.8 Å². The van der Waals surface area contributed by atoms with Crippen molar-refractivity contribution in [3.05, 3.63) is 72.1 Å². The van der Waals surface area contributed by atoms with E-state index in [1.54, 1.807) is 0 Å². The Morgan fingerprint density at radius 2 is 1.96 bits per heavy atom. The minimum Gasteiger partial charge on any atom is -0.356 e. The molecule has 27 heavy (non-hydrogen) atoms. The van der Waals surface area contributed by atoms with Crippen LogP contribution in [-0.4, -0.2) is 15.5 Å². The largest absolute Gasteiger partial charge is 0.356 e. The van der Waals surface area contributed by atoms with Crippen LogP contribution in [0.1, 0.15) is 36.6 Å². The molecule has 5 rings (SSSR count). The number of hydrogen-bond donors (Lipinski definition) is 2. The van der Waals surface area contributed by atoms with E-state index >= 15 is 0 Å². The number of aromatic nitrogens is 2. The molecule has 4 nitrogen and oxygen atoms in total. The second kappa shape index (κ2) is 6.62. The zero-order valence-corrected chi connectivity index (χ0v) is 15.2. The highest BCUT2D eigenvalue weighted by Gasteiger charge is 2.25. The lowest BCUT2D eigenvalue weighted by molar-refractivity contribution is -0.122. The van der Waals surface area contributed by atoms with Crippen molar-refractivity contribution in [3.63, 3.8) is 0 Å². The number of aromatic amines is 1. The first-order chi connectivity index (χ1) is 13.3. The van der Waals surface area contributed by atoms with Gasteiger partial charge < -0.3 is 14.9 Å². The van der Waals surface area contributed by atoms with Gasteiger partial charge in [0.15, 0.2) is 0 Å². The van der Waals surface area contributed by atoms with E-state index in [0.717, 1.165) is 19.3 Å². The summed E-state index contributed by atoms with van der Waals surface area (Å²) in [6, 6.07) is 18.9. The summed E-state index contributed by atoms with van der Waals surface area (Å²) in [7, 11) is 0. The van der Waals surface area contributed by atoms with E-state index in [2.05, 4.69) is 63.5 Å². The molecule has 0 saturated heterocycles. The Hall–Kier alpha value is -3.01. The molecule has 0 spiro atoms. The quantitative estimate of drug-likeness (QED) is 0.546. The first-order valence-electron chi connectivity index (χ1n) is 9.72. The SMILES string of the molecule is O=C(CCn1ccc2ccccc21)N[C@@H]1CCCc2c1[nH]c1ccccc21. The van der Waals surface area contributed by atoms with Crippen LogP contribution in [0.4, 0.5) is 0 Å². The molecule has 0 saturated carbocycles. The van der Waals surface area contributed by atoms with E-state index in [9.17, 15) is 4.79 Å². The monoisotopic (exact) mass is 357 g/mol. The van der Waals surface area contributed by atoms with Crippen molar-refractivity contribution in [3.8, 4) is 0 Å². The number of aryl methyl sites for hydroxylation is 2. The molecule has 4 heteroatoms. The summed E-state index contributed by atoms with van der Waals surface area (Å²) < 4.78 is 2.16. The number of hydrogen-bond acceptors (Lipinski definition) is 1. The Bertz CT molecular complexity index is 1120. The molecule has 2 aromatic carbocycles. The van der Waals surface area contributed by atoms with Gasteiger partial charge in [-0.25, -0.2) is 0 Å². The maximum atomic E-state index is 12.6. The molecule has 1 atom stereocenters. The minimum atomic E-state index is 0.0926. The maximum absolute atomic E-state index is 12.6. The van der Waals surface area contributed by atoms with E-state index in [-0.39, 0.29) is 11.9 Å². The molecule has 0 unspecified atom stereocenters. The number of benzene rings is 2. The third-order valence-corrected chi connectivity index (χ3v) is 5.71. The summed E-state index contributed by atoms with van der Waals surface area (Å²) >= 11 is 0. The standard InChI is InChI=1S/C23H23N3O/c27-22(13-15-26-14-12-16-6-1-4-11-21(16)26)24-20-10-5-8-18-17-7-2-3-9-19(17)25-23(18)20/h1-4,6-7,9,11-12,14,20,25H,5,8,10,13,15H2,(H,24,27)/t20-/m1/s1. The summed E-state index contributed by atoms with van der Waals surface area (Å²) in [5, 5.41) is 5.78. The maximum Gasteiger partial charge on any atom is 0.222 e.